The quantitative estimate of drug-likeness (QED) is 0.828. The van der Waals surface area contributed by atoms with Gasteiger partial charge in [0.1, 0.15) is 0 Å². The van der Waals surface area contributed by atoms with E-state index in [1.165, 1.54) is 22.4 Å². The number of aryl methyl sites for hydroxylation is 1. The van der Waals surface area contributed by atoms with Crippen LogP contribution in [0.2, 0.25) is 0 Å². The molecule has 0 aliphatic rings. The SMILES string of the molecule is CCNCc1ccc(N(C)Cc2ccc(Br)cc2)cc1C. The van der Waals surface area contributed by atoms with Crippen molar-refractivity contribution in [1.82, 2.24) is 5.32 Å². The third kappa shape index (κ3) is 4.58. The average molecular weight is 347 g/mol. The number of rotatable bonds is 6. The number of nitrogens with one attached hydrogen (secondary N) is 1. The highest BCUT2D eigenvalue weighted by atomic mass is 79.9. The van der Waals surface area contributed by atoms with E-state index in [2.05, 4.69) is 89.5 Å². The topological polar surface area (TPSA) is 15.3 Å². The van der Waals surface area contributed by atoms with Gasteiger partial charge in [0.2, 0.25) is 0 Å². The molecule has 0 bridgehead atoms. The van der Waals surface area contributed by atoms with Gasteiger partial charge in [-0.25, -0.2) is 0 Å². The summed E-state index contributed by atoms with van der Waals surface area (Å²) in [6.07, 6.45) is 0. The fourth-order valence-corrected chi connectivity index (χ4v) is 2.59. The van der Waals surface area contributed by atoms with Crippen molar-refractivity contribution in [3.63, 3.8) is 0 Å². The van der Waals surface area contributed by atoms with Crippen molar-refractivity contribution in [2.24, 2.45) is 0 Å². The van der Waals surface area contributed by atoms with E-state index in [9.17, 15) is 0 Å². The third-order valence-electron chi connectivity index (χ3n) is 3.67. The molecule has 0 aliphatic carbocycles. The van der Waals surface area contributed by atoms with Gasteiger partial charge in [-0.2, -0.15) is 0 Å². The highest BCUT2D eigenvalue weighted by Gasteiger charge is 2.05. The van der Waals surface area contributed by atoms with E-state index in [1.807, 2.05) is 0 Å². The van der Waals surface area contributed by atoms with Gasteiger partial charge >= 0.3 is 0 Å². The normalized spacial score (nSPS) is 10.7. The summed E-state index contributed by atoms with van der Waals surface area (Å²) in [5.74, 6) is 0. The van der Waals surface area contributed by atoms with Crippen LogP contribution in [0.25, 0.3) is 0 Å². The van der Waals surface area contributed by atoms with E-state index in [1.54, 1.807) is 0 Å². The predicted octanol–water partition coefficient (Wildman–Crippen LogP) is 4.50. The summed E-state index contributed by atoms with van der Waals surface area (Å²) in [4.78, 5) is 2.28. The van der Waals surface area contributed by atoms with Crippen LogP contribution in [0.1, 0.15) is 23.6 Å². The van der Waals surface area contributed by atoms with Crippen LogP contribution in [0.15, 0.2) is 46.9 Å². The zero-order valence-corrected chi connectivity index (χ0v) is 14.6. The van der Waals surface area contributed by atoms with Crippen molar-refractivity contribution in [3.05, 3.63) is 63.6 Å². The van der Waals surface area contributed by atoms with Gasteiger partial charge in [-0.15, -0.1) is 0 Å². The van der Waals surface area contributed by atoms with Crippen molar-refractivity contribution < 1.29 is 0 Å². The highest BCUT2D eigenvalue weighted by Crippen LogP contribution is 2.20. The van der Waals surface area contributed by atoms with Gasteiger partial charge in [-0.3, -0.25) is 0 Å². The Morgan fingerprint density at radius 3 is 2.43 bits per heavy atom. The first kappa shape index (κ1) is 16.1. The molecule has 0 heterocycles. The van der Waals surface area contributed by atoms with Crippen LogP contribution in [0.5, 0.6) is 0 Å². The average Bonchev–Trinajstić information content (AvgIpc) is 2.48. The number of benzene rings is 2. The first-order valence-electron chi connectivity index (χ1n) is 7.36. The molecule has 0 radical (unpaired) electrons. The third-order valence-corrected chi connectivity index (χ3v) is 4.19. The molecule has 112 valence electrons. The molecule has 2 nitrogen and oxygen atoms in total. The lowest BCUT2D eigenvalue weighted by atomic mass is 10.1. The summed E-state index contributed by atoms with van der Waals surface area (Å²) in [6.45, 7) is 7.18. The van der Waals surface area contributed by atoms with Gasteiger partial charge in [0, 0.05) is 30.3 Å². The minimum absolute atomic E-state index is 0.916. The zero-order chi connectivity index (χ0) is 15.2. The Bertz CT molecular complexity index is 578. The molecule has 0 atom stereocenters. The molecular formula is C18H23BrN2. The van der Waals surface area contributed by atoms with Crippen molar-refractivity contribution in [3.8, 4) is 0 Å². The van der Waals surface area contributed by atoms with Crippen LogP contribution in [-0.2, 0) is 13.1 Å². The molecule has 0 aliphatic heterocycles. The molecule has 0 saturated heterocycles. The predicted molar refractivity (Wildman–Crippen MR) is 94.8 cm³/mol. The molecule has 0 amide bonds. The van der Waals surface area contributed by atoms with E-state index in [0.29, 0.717) is 0 Å². The fourth-order valence-electron chi connectivity index (χ4n) is 2.33. The second-order valence-electron chi connectivity index (χ2n) is 5.37. The van der Waals surface area contributed by atoms with Gasteiger partial charge in [-0.1, -0.05) is 41.1 Å². The van der Waals surface area contributed by atoms with Gasteiger partial charge in [-0.05, 0) is 54.4 Å². The molecule has 1 N–H and O–H groups in total. The molecule has 2 aromatic rings. The Balaban J connectivity index is 2.06. The van der Waals surface area contributed by atoms with E-state index >= 15 is 0 Å². The lowest BCUT2D eigenvalue weighted by Crippen LogP contribution is -2.17. The zero-order valence-electron chi connectivity index (χ0n) is 13.0. The van der Waals surface area contributed by atoms with Crippen LogP contribution in [0, 0.1) is 6.92 Å². The number of nitrogens with zero attached hydrogens (tertiary/aromatic N) is 1. The Kier molecular flexibility index (Phi) is 5.83. The maximum atomic E-state index is 3.48. The minimum atomic E-state index is 0.916. The molecule has 0 spiro atoms. The number of halogens is 1. The summed E-state index contributed by atoms with van der Waals surface area (Å²) >= 11 is 3.48. The number of hydrogen-bond donors (Lipinski definition) is 1. The van der Waals surface area contributed by atoms with E-state index in [-0.39, 0.29) is 0 Å². The van der Waals surface area contributed by atoms with E-state index < -0.39 is 0 Å². The monoisotopic (exact) mass is 346 g/mol. The molecule has 0 aromatic heterocycles. The summed E-state index contributed by atoms with van der Waals surface area (Å²) in [7, 11) is 2.14. The standard InChI is InChI=1S/C18H23BrN2/c1-4-20-12-16-7-10-18(11-14(16)2)21(3)13-15-5-8-17(19)9-6-15/h5-11,20H,4,12-13H2,1-3H3. The largest absolute Gasteiger partial charge is 0.370 e. The summed E-state index contributed by atoms with van der Waals surface area (Å²) in [5.41, 5.74) is 5.29. The minimum Gasteiger partial charge on any atom is -0.370 e. The summed E-state index contributed by atoms with van der Waals surface area (Å²) in [6, 6.07) is 15.2. The summed E-state index contributed by atoms with van der Waals surface area (Å²) in [5, 5.41) is 3.38. The molecule has 0 saturated carbocycles. The van der Waals surface area contributed by atoms with Crippen LogP contribution in [0.3, 0.4) is 0 Å². The Morgan fingerprint density at radius 2 is 1.81 bits per heavy atom. The van der Waals surface area contributed by atoms with Gasteiger partial charge in [0.15, 0.2) is 0 Å². The Labute approximate surface area is 136 Å². The van der Waals surface area contributed by atoms with Gasteiger partial charge in [0.05, 0.1) is 0 Å². The molecule has 0 fully saturated rings. The lowest BCUT2D eigenvalue weighted by Gasteiger charge is -2.21. The van der Waals surface area contributed by atoms with Crippen molar-refractivity contribution >= 4 is 21.6 Å². The smallest absolute Gasteiger partial charge is 0.0426 e. The van der Waals surface area contributed by atoms with Crippen molar-refractivity contribution in [1.29, 1.82) is 0 Å². The molecule has 2 aromatic carbocycles. The van der Waals surface area contributed by atoms with Crippen LogP contribution >= 0.6 is 15.9 Å². The highest BCUT2D eigenvalue weighted by molar-refractivity contribution is 9.10. The van der Waals surface area contributed by atoms with Crippen LogP contribution in [0.4, 0.5) is 5.69 Å². The second kappa shape index (κ2) is 7.62. The molecule has 0 unspecified atom stereocenters. The van der Waals surface area contributed by atoms with Crippen LogP contribution < -0.4 is 10.2 Å². The van der Waals surface area contributed by atoms with E-state index in [0.717, 1.165) is 24.1 Å². The maximum Gasteiger partial charge on any atom is 0.0426 e. The molecule has 21 heavy (non-hydrogen) atoms. The first-order valence-corrected chi connectivity index (χ1v) is 8.15. The van der Waals surface area contributed by atoms with E-state index in [4.69, 9.17) is 0 Å². The Hall–Kier alpha value is -1.32. The second-order valence-corrected chi connectivity index (χ2v) is 6.29. The van der Waals surface area contributed by atoms with Gasteiger partial charge < -0.3 is 10.2 Å². The number of anilines is 1. The Morgan fingerprint density at radius 1 is 1.10 bits per heavy atom. The van der Waals surface area contributed by atoms with Gasteiger partial charge in [0.25, 0.3) is 0 Å². The first-order chi connectivity index (χ1) is 10.1. The fraction of sp³-hybridized carbons (Fsp3) is 0.333. The van der Waals surface area contributed by atoms with Crippen LogP contribution in [-0.4, -0.2) is 13.6 Å². The summed E-state index contributed by atoms with van der Waals surface area (Å²) < 4.78 is 1.12. The lowest BCUT2D eigenvalue weighted by molar-refractivity contribution is 0.723. The molecule has 2 rings (SSSR count). The molecular weight excluding hydrogens is 324 g/mol. The molecule has 3 heteroatoms. The maximum absolute atomic E-state index is 3.48. The van der Waals surface area contributed by atoms with Crippen molar-refractivity contribution in [2.45, 2.75) is 26.9 Å². The van der Waals surface area contributed by atoms with Crippen molar-refractivity contribution in [2.75, 3.05) is 18.5 Å². The number of hydrogen-bond acceptors (Lipinski definition) is 2.